The Morgan fingerprint density at radius 3 is 2.59 bits per heavy atom. The van der Waals surface area contributed by atoms with Crippen LogP contribution in [0, 0.1) is 0 Å². The van der Waals surface area contributed by atoms with Crippen molar-refractivity contribution in [3.8, 4) is 17.2 Å². The third-order valence-corrected chi connectivity index (χ3v) is 5.62. The summed E-state index contributed by atoms with van der Waals surface area (Å²) < 4.78 is 5.94. The minimum atomic E-state index is -0.248. The van der Waals surface area contributed by atoms with Gasteiger partial charge in [0.25, 0.3) is 0 Å². The Hall–Kier alpha value is -2.25. The molecular formula is C22H30N4O2S. The fourth-order valence-electron chi connectivity index (χ4n) is 3.00. The molecule has 3 rings (SSSR count). The van der Waals surface area contributed by atoms with Gasteiger partial charge in [-0.2, -0.15) is 0 Å². The summed E-state index contributed by atoms with van der Waals surface area (Å²) in [6.07, 6.45) is 2.04. The van der Waals surface area contributed by atoms with Crippen molar-refractivity contribution in [1.29, 1.82) is 0 Å². The van der Waals surface area contributed by atoms with Gasteiger partial charge < -0.3 is 15.6 Å². The van der Waals surface area contributed by atoms with Gasteiger partial charge in [-0.25, -0.2) is 0 Å². The Morgan fingerprint density at radius 1 is 1.14 bits per heavy atom. The third kappa shape index (κ3) is 5.03. The first-order valence-corrected chi connectivity index (χ1v) is 11.0. The van der Waals surface area contributed by atoms with Gasteiger partial charge in [0, 0.05) is 28.8 Å². The van der Waals surface area contributed by atoms with Crippen LogP contribution in [0.5, 0.6) is 11.5 Å². The van der Waals surface area contributed by atoms with Crippen molar-refractivity contribution < 1.29 is 9.84 Å². The number of nitrogens with zero attached hydrogens (tertiary/aromatic N) is 3. The Bertz CT molecular complexity index is 979. The Labute approximate surface area is 176 Å². The highest BCUT2D eigenvalue weighted by Gasteiger charge is 2.23. The van der Waals surface area contributed by atoms with Crippen LogP contribution in [0.2, 0.25) is 0 Å². The number of aromatic nitrogens is 3. The van der Waals surface area contributed by atoms with E-state index >= 15 is 0 Å². The van der Waals surface area contributed by atoms with E-state index in [4.69, 9.17) is 10.5 Å². The Balaban J connectivity index is 2.04. The predicted molar refractivity (Wildman–Crippen MR) is 119 cm³/mol. The van der Waals surface area contributed by atoms with Gasteiger partial charge in [-0.15, -0.1) is 26.8 Å². The topological polar surface area (TPSA) is 86.2 Å². The maximum atomic E-state index is 11.0. The van der Waals surface area contributed by atoms with Gasteiger partial charge in [-0.1, -0.05) is 34.1 Å². The van der Waals surface area contributed by atoms with Crippen LogP contribution in [0.3, 0.4) is 0 Å². The fraction of sp³-hybridized carbons (Fsp3) is 0.455. The number of thioether (sulfide) groups is 1. The molecule has 1 heterocycles. The molecule has 7 heteroatoms. The molecule has 156 valence electrons. The number of benzene rings is 2. The highest BCUT2D eigenvalue weighted by molar-refractivity contribution is 7.99. The predicted octanol–water partition coefficient (Wildman–Crippen LogP) is 4.65. The molecule has 0 bridgehead atoms. The number of unbranched alkanes of at least 4 members (excludes halogenated alkanes) is 1. The van der Waals surface area contributed by atoms with Crippen molar-refractivity contribution in [2.45, 2.75) is 50.8 Å². The van der Waals surface area contributed by atoms with E-state index in [0.29, 0.717) is 18.8 Å². The lowest BCUT2D eigenvalue weighted by Crippen LogP contribution is -2.14. The van der Waals surface area contributed by atoms with E-state index in [9.17, 15) is 5.11 Å². The second-order valence-electron chi connectivity index (χ2n) is 8.07. The summed E-state index contributed by atoms with van der Waals surface area (Å²) in [5, 5.41) is 20.2. The van der Waals surface area contributed by atoms with E-state index in [1.165, 1.54) is 4.80 Å². The summed E-state index contributed by atoms with van der Waals surface area (Å²) in [7, 11) is 0. The van der Waals surface area contributed by atoms with Gasteiger partial charge in [0.15, 0.2) is 0 Å². The average molecular weight is 415 g/mol. The zero-order chi connectivity index (χ0) is 21.0. The number of hydrogen-bond donors (Lipinski definition) is 2. The molecule has 0 unspecified atom stereocenters. The molecule has 3 N–H and O–H groups in total. The minimum Gasteiger partial charge on any atom is -0.505 e. The van der Waals surface area contributed by atoms with Crippen LogP contribution in [-0.4, -0.2) is 39.0 Å². The van der Waals surface area contributed by atoms with Crippen LogP contribution in [0.25, 0.3) is 16.7 Å². The fourth-order valence-corrected chi connectivity index (χ4v) is 3.72. The standard InChI is InChI=1S/C22H30N4O2S/c1-5-6-10-28-15-12-17(22(2,3)4)21(27)20(13-15)26-24-18-8-7-16(29-11-9-23)14-19(18)25-26/h7-8,12-14,27H,5-6,9-11,23H2,1-4H3. The van der Waals surface area contributed by atoms with Crippen molar-refractivity contribution >= 4 is 22.8 Å². The van der Waals surface area contributed by atoms with Crippen LogP contribution in [0.1, 0.15) is 46.1 Å². The van der Waals surface area contributed by atoms with E-state index in [1.54, 1.807) is 11.8 Å². The van der Waals surface area contributed by atoms with Crippen LogP contribution in [0.15, 0.2) is 35.2 Å². The number of fused-ring (bicyclic) bond motifs is 1. The first kappa shape index (κ1) is 21.5. The quantitative estimate of drug-likeness (QED) is 0.412. The van der Waals surface area contributed by atoms with Crippen molar-refractivity contribution in [3.63, 3.8) is 0 Å². The van der Waals surface area contributed by atoms with E-state index in [1.807, 2.05) is 30.3 Å². The van der Waals surface area contributed by atoms with Crippen LogP contribution < -0.4 is 10.5 Å². The summed E-state index contributed by atoms with van der Waals surface area (Å²) in [4.78, 5) is 2.60. The minimum absolute atomic E-state index is 0.179. The Morgan fingerprint density at radius 2 is 1.90 bits per heavy atom. The lowest BCUT2D eigenvalue weighted by atomic mass is 9.86. The van der Waals surface area contributed by atoms with Crippen LogP contribution in [0.4, 0.5) is 0 Å². The van der Waals surface area contributed by atoms with Crippen molar-refractivity contribution in [3.05, 3.63) is 35.9 Å². The molecule has 0 saturated carbocycles. The van der Waals surface area contributed by atoms with Gasteiger partial charge in [0.05, 0.1) is 6.61 Å². The van der Waals surface area contributed by atoms with Gasteiger partial charge in [-0.3, -0.25) is 0 Å². The molecule has 0 aliphatic heterocycles. The summed E-state index contributed by atoms with van der Waals surface area (Å²) in [6, 6.07) is 9.69. The highest BCUT2D eigenvalue weighted by atomic mass is 32.2. The van der Waals surface area contributed by atoms with Crippen LogP contribution >= 0.6 is 11.8 Å². The van der Waals surface area contributed by atoms with Gasteiger partial charge in [0.2, 0.25) is 0 Å². The molecule has 0 atom stereocenters. The molecule has 29 heavy (non-hydrogen) atoms. The summed E-state index contributed by atoms with van der Waals surface area (Å²) in [5.41, 5.74) is 8.24. The smallest absolute Gasteiger partial charge is 0.147 e. The number of hydrogen-bond acceptors (Lipinski definition) is 6. The Kier molecular flexibility index (Phi) is 6.70. The number of phenols is 1. The number of rotatable bonds is 8. The van der Waals surface area contributed by atoms with E-state index in [0.717, 1.165) is 45.8 Å². The van der Waals surface area contributed by atoms with Gasteiger partial charge >= 0.3 is 0 Å². The molecule has 6 nitrogen and oxygen atoms in total. The van der Waals surface area contributed by atoms with Crippen LogP contribution in [-0.2, 0) is 5.41 Å². The second kappa shape index (κ2) is 9.05. The molecule has 0 fully saturated rings. The highest BCUT2D eigenvalue weighted by Crippen LogP contribution is 2.38. The number of phenolic OH excluding ortho intramolecular Hbond substituents is 1. The number of aromatic hydroxyl groups is 1. The van der Waals surface area contributed by atoms with Crippen molar-refractivity contribution in [2.24, 2.45) is 5.73 Å². The normalized spacial score (nSPS) is 11.9. The average Bonchev–Trinajstić information content (AvgIpc) is 3.09. The van der Waals surface area contributed by atoms with Gasteiger partial charge in [-0.05, 0) is 36.1 Å². The molecular weight excluding hydrogens is 384 g/mol. The maximum Gasteiger partial charge on any atom is 0.147 e. The maximum absolute atomic E-state index is 11.0. The largest absolute Gasteiger partial charge is 0.505 e. The first-order valence-electron chi connectivity index (χ1n) is 10.0. The van der Waals surface area contributed by atoms with Gasteiger partial charge in [0.1, 0.15) is 28.2 Å². The number of nitrogens with two attached hydrogens (primary N) is 1. The summed E-state index contributed by atoms with van der Waals surface area (Å²) in [6.45, 7) is 9.59. The lowest BCUT2D eigenvalue weighted by Gasteiger charge is -2.23. The zero-order valence-electron chi connectivity index (χ0n) is 17.6. The third-order valence-electron chi connectivity index (χ3n) is 4.59. The lowest BCUT2D eigenvalue weighted by molar-refractivity contribution is 0.307. The molecule has 1 aromatic heterocycles. The number of ether oxygens (including phenoxy) is 1. The summed E-state index contributed by atoms with van der Waals surface area (Å²) in [5.74, 6) is 1.75. The summed E-state index contributed by atoms with van der Waals surface area (Å²) >= 11 is 1.69. The SMILES string of the molecule is CCCCOc1cc(-n2nc3ccc(SCCN)cc3n2)c(O)c(C(C)(C)C)c1. The zero-order valence-corrected chi connectivity index (χ0v) is 18.4. The molecule has 0 spiro atoms. The molecule has 0 amide bonds. The molecule has 0 aliphatic carbocycles. The van der Waals surface area contributed by atoms with E-state index in [2.05, 4.69) is 37.9 Å². The monoisotopic (exact) mass is 414 g/mol. The second-order valence-corrected chi connectivity index (χ2v) is 9.24. The molecule has 0 aliphatic rings. The van der Waals surface area contributed by atoms with Crippen molar-refractivity contribution in [1.82, 2.24) is 15.0 Å². The van der Waals surface area contributed by atoms with E-state index in [-0.39, 0.29) is 11.2 Å². The van der Waals surface area contributed by atoms with E-state index < -0.39 is 0 Å². The molecule has 0 saturated heterocycles. The first-order chi connectivity index (χ1) is 13.8. The van der Waals surface area contributed by atoms with Crippen molar-refractivity contribution in [2.75, 3.05) is 18.9 Å². The molecule has 0 radical (unpaired) electrons. The molecule has 2 aromatic carbocycles. The molecule has 3 aromatic rings.